The molecule has 2 aromatic rings. The first-order valence-electron chi connectivity index (χ1n) is 7.89. The Kier molecular flexibility index (Phi) is 4.96. The maximum absolute atomic E-state index is 12.4. The van der Waals surface area contributed by atoms with Gasteiger partial charge in [0.25, 0.3) is 5.56 Å². The minimum Gasteiger partial charge on any atom is -0.394 e. The van der Waals surface area contributed by atoms with Gasteiger partial charge in [-0.15, -0.1) is 11.3 Å². The van der Waals surface area contributed by atoms with Crippen LogP contribution in [-0.4, -0.2) is 34.9 Å². The minimum absolute atomic E-state index is 0.0494. The number of carbonyl (C=O) groups is 1. The monoisotopic (exact) mass is 348 g/mol. The SMILES string of the molecule is C[C@@H](C(=O)NC[C@@H]1CCCO1)n1nc(-c2cccs2)cc(N)c1=O. The van der Waals surface area contributed by atoms with Crippen molar-refractivity contribution in [3.63, 3.8) is 0 Å². The Morgan fingerprint density at radius 3 is 3.12 bits per heavy atom. The molecule has 2 atom stereocenters. The number of amides is 1. The number of aromatic nitrogens is 2. The molecular weight excluding hydrogens is 328 g/mol. The summed E-state index contributed by atoms with van der Waals surface area (Å²) in [4.78, 5) is 25.5. The Bertz CT molecular complexity index is 766. The maximum atomic E-state index is 12.4. The number of hydrogen-bond donors (Lipinski definition) is 2. The molecule has 24 heavy (non-hydrogen) atoms. The fourth-order valence-corrected chi connectivity index (χ4v) is 3.30. The zero-order chi connectivity index (χ0) is 17.1. The molecule has 2 aromatic heterocycles. The van der Waals surface area contributed by atoms with Crippen molar-refractivity contribution in [2.24, 2.45) is 0 Å². The first-order chi connectivity index (χ1) is 11.6. The van der Waals surface area contributed by atoms with E-state index in [2.05, 4.69) is 10.4 Å². The highest BCUT2D eigenvalue weighted by Gasteiger charge is 2.22. The number of nitrogen functional groups attached to an aromatic ring is 1. The second-order valence-electron chi connectivity index (χ2n) is 5.77. The van der Waals surface area contributed by atoms with Gasteiger partial charge >= 0.3 is 0 Å². The van der Waals surface area contributed by atoms with Crippen LogP contribution in [0.2, 0.25) is 0 Å². The van der Waals surface area contributed by atoms with Gasteiger partial charge in [0.15, 0.2) is 0 Å². The van der Waals surface area contributed by atoms with Crippen LogP contribution >= 0.6 is 11.3 Å². The quantitative estimate of drug-likeness (QED) is 0.851. The van der Waals surface area contributed by atoms with Gasteiger partial charge in [0.1, 0.15) is 17.4 Å². The highest BCUT2D eigenvalue weighted by molar-refractivity contribution is 7.13. The number of hydrogen-bond acceptors (Lipinski definition) is 6. The normalized spacial score (nSPS) is 18.5. The molecule has 0 aliphatic carbocycles. The summed E-state index contributed by atoms with van der Waals surface area (Å²) in [5.74, 6) is -0.275. The van der Waals surface area contributed by atoms with Crippen LogP contribution in [0.3, 0.4) is 0 Å². The molecule has 0 spiro atoms. The average molecular weight is 348 g/mol. The molecule has 7 nitrogen and oxygen atoms in total. The van der Waals surface area contributed by atoms with Crippen molar-refractivity contribution in [1.82, 2.24) is 15.1 Å². The topological polar surface area (TPSA) is 99.2 Å². The first kappa shape index (κ1) is 16.7. The molecular formula is C16H20N4O3S. The Balaban J connectivity index is 1.79. The summed E-state index contributed by atoms with van der Waals surface area (Å²) < 4.78 is 6.63. The molecule has 0 radical (unpaired) electrons. The van der Waals surface area contributed by atoms with Crippen LogP contribution in [0.25, 0.3) is 10.6 Å². The predicted octanol–water partition coefficient (Wildman–Crippen LogP) is 1.41. The third-order valence-corrected chi connectivity index (χ3v) is 4.90. The number of nitrogens with zero attached hydrogens (tertiary/aromatic N) is 2. The zero-order valence-corrected chi connectivity index (χ0v) is 14.2. The molecule has 0 unspecified atom stereocenters. The van der Waals surface area contributed by atoms with Crippen LogP contribution in [0, 0.1) is 0 Å². The molecule has 3 heterocycles. The third kappa shape index (κ3) is 3.49. The van der Waals surface area contributed by atoms with E-state index in [-0.39, 0.29) is 17.7 Å². The Morgan fingerprint density at radius 1 is 1.62 bits per heavy atom. The summed E-state index contributed by atoms with van der Waals surface area (Å²) in [6.45, 7) is 2.81. The fourth-order valence-electron chi connectivity index (χ4n) is 2.62. The summed E-state index contributed by atoms with van der Waals surface area (Å²) in [6, 6.07) is 4.58. The van der Waals surface area contributed by atoms with Gasteiger partial charge in [-0.2, -0.15) is 5.10 Å². The van der Waals surface area contributed by atoms with Crippen molar-refractivity contribution in [3.05, 3.63) is 33.9 Å². The lowest BCUT2D eigenvalue weighted by atomic mass is 10.2. The first-order valence-corrected chi connectivity index (χ1v) is 8.76. The van der Waals surface area contributed by atoms with E-state index < -0.39 is 11.6 Å². The predicted molar refractivity (Wildman–Crippen MR) is 92.9 cm³/mol. The molecule has 1 amide bonds. The van der Waals surface area contributed by atoms with Gasteiger partial charge in [-0.3, -0.25) is 9.59 Å². The summed E-state index contributed by atoms with van der Waals surface area (Å²) in [7, 11) is 0. The van der Waals surface area contributed by atoms with E-state index in [4.69, 9.17) is 10.5 Å². The second-order valence-corrected chi connectivity index (χ2v) is 6.72. The van der Waals surface area contributed by atoms with Gasteiger partial charge in [0, 0.05) is 13.2 Å². The highest BCUT2D eigenvalue weighted by atomic mass is 32.1. The molecule has 3 rings (SSSR count). The van der Waals surface area contributed by atoms with Crippen molar-refractivity contribution in [3.8, 4) is 10.6 Å². The van der Waals surface area contributed by atoms with Gasteiger partial charge in [0.05, 0.1) is 11.0 Å². The van der Waals surface area contributed by atoms with E-state index in [0.717, 1.165) is 29.0 Å². The van der Waals surface area contributed by atoms with Crippen molar-refractivity contribution in [2.45, 2.75) is 31.9 Å². The number of ether oxygens (including phenoxy) is 1. The van der Waals surface area contributed by atoms with Crippen LogP contribution in [-0.2, 0) is 9.53 Å². The lowest BCUT2D eigenvalue weighted by Crippen LogP contribution is -2.40. The van der Waals surface area contributed by atoms with E-state index in [0.29, 0.717) is 12.2 Å². The Labute approximate surface area is 143 Å². The summed E-state index contributed by atoms with van der Waals surface area (Å²) in [5.41, 5.74) is 6.02. The second kappa shape index (κ2) is 7.14. The third-order valence-electron chi connectivity index (χ3n) is 4.01. The molecule has 0 saturated carbocycles. The summed E-state index contributed by atoms with van der Waals surface area (Å²) in [6.07, 6.45) is 2.00. The molecule has 0 aromatic carbocycles. The van der Waals surface area contributed by atoms with Crippen molar-refractivity contribution in [1.29, 1.82) is 0 Å². The minimum atomic E-state index is -0.749. The smallest absolute Gasteiger partial charge is 0.290 e. The van der Waals surface area contributed by atoms with E-state index in [9.17, 15) is 9.59 Å². The highest BCUT2D eigenvalue weighted by Crippen LogP contribution is 2.23. The van der Waals surface area contributed by atoms with Crippen LogP contribution < -0.4 is 16.6 Å². The van der Waals surface area contributed by atoms with Crippen LogP contribution in [0.5, 0.6) is 0 Å². The molecule has 3 N–H and O–H groups in total. The van der Waals surface area contributed by atoms with Gasteiger partial charge < -0.3 is 15.8 Å². The number of nitrogens with two attached hydrogens (primary N) is 1. The van der Waals surface area contributed by atoms with Crippen LogP contribution in [0.4, 0.5) is 5.69 Å². The Hall–Kier alpha value is -2.19. The number of nitrogens with one attached hydrogen (secondary N) is 1. The van der Waals surface area contributed by atoms with Crippen molar-refractivity contribution >= 4 is 22.9 Å². The maximum Gasteiger partial charge on any atom is 0.290 e. The molecule has 1 aliphatic heterocycles. The van der Waals surface area contributed by atoms with Crippen molar-refractivity contribution in [2.75, 3.05) is 18.9 Å². The molecule has 1 fully saturated rings. The van der Waals surface area contributed by atoms with E-state index >= 15 is 0 Å². The van der Waals surface area contributed by atoms with Gasteiger partial charge in [-0.05, 0) is 37.3 Å². The van der Waals surface area contributed by atoms with E-state index in [1.54, 1.807) is 13.0 Å². The average Bonchev–Trinajstić information content (AvgIpc) is 3.27. The summed E-state index contributed by atoms with van der Waals surface area (Å²) >= 11 is 1.50. The largest absolute Gasteiger partial charge is 0.394 e. The number of anilines is 1. The van der Waals surface area contributed by atoms with Gasteiger partial charge in [-0.25, -0.2) is 4.68 Å². The molecule has 8 heteroatoms. The fraction of sp³-hybridized carbons (Fsp3) is 0.438. The lowest BCUT2D eigenvalue weighted by Gasteiger charge is -2.17. The van der Waals surface area contributed by atoms with Gasteiger partial charge in [-0.1, -0.05) is 6.07 Å². The van der Waals surface area contributed by atoms with Crippen molar-refractivity contribution < 1.29 is 9.53 Å². The number of rotatable bonds is 5. The molecule has 1 aliphatic rings. The zero-order valence-electron chi connectivity index (χ0n) is 13.4. The van der Waals surface area contributed by atoms with Crippen LogP contribution in [0.15, 0.2) is 28.4 Å². The summed E-state index contributed by atoms with van der Waals surface area (Å²) in [5, 5.41) is 9.06. The molecule has 128 valence electrons. The lowest BCUT2D eigenvalue weighted by molar-refractivity contribution is -0.124. The molecule has 0 bridgehead atoms. The van der Waals surface area contributed by atoms with Gasteiger partial charge in [0.2, 0.25) is 5.91 Å². The van der Waals surface area contributed by atoms with E-state index in [1.807, 2.05) is 17.5 Å². The molecule has 1 saturated heterocycles. The van der Waals surface area contributed by atoms with Crippen LogP contribution in [0.1, 0.15) is 25.8 Å². The Morgan fingerprint density at radius 2 is 2.46 bits per heavy atom. The standard InChI is InChI=1S/C16H20N4O3S/c1-10(15(21)18-9-11-4-2-6-23-11)20-16(22)12(17)8-13(19-20)14-5-3-7-24-14/h3,5,7-8,10-11H,2,4,6,9,17H2,1H3,(H,18,21)/t10-,11-/m0/s1. The number of carbonyl (C=O) groups excluding carboxylic acids is 1. The number of thiophene rings is 1. The van der Waals surface area contributed by atoms with E-state index in [1.165, 1.54) is 11.3 Å².